The fraction of sp³-hybridized carbons (Fsp3) is 0.391. The van der Waals surface area contributed by atoms with Crippen molar-refractivity contribution in [1.29, 1.82) is 0 Å². The number of benzene rings is 2. The number of carbonyl (C=O) groups excluding carboxylic acids is 2. The van der Waals surface area contributed by atoms with Gasteiger partial charge in [-0.05, 0) is 56.9 Å². The predicted molar refractivity (Wildman–Crippen MR) is 117 cm³/mol. The van der Waals surface area contributed by atoms with E-state index in [1.165, 1.54) is 5.56 Å². The van der Waals surface area contributed by atoms with E-state index in [0.29, 0.717) is 30.3 Å². The summed E-state index contributed by atoms with van der Waals surface area (Å²) >= 11 is 6.15. The quantitative estimate of drug-likeness (QED) is 0.748. The number of likely N-dealkylation sites (tertiary alicyclic amines) is 1. The summed E-state index contributed by atoms with van der Waals surface area (Å²) in [6.07, 6.45) is 1.55. The molecule has 0 aromatic heterocycles. The lowest BCUT2D eigenvalue weighted by Gasteiger charge is -2.39. The van der Waals surface area contributed by atoms with Gasteiger partial charge in [-0.1, -0.05) is 47.5 Å². The second-order valence-corrected chi connectivity index (χ2v) is 8.56. The van der Waals surface area contributed by atoms with Crippen molar-refractivity contribution in [1.82, 2.24) is 10.2 Å². The predicted octanol–water partition coefficient (Wildman–Crippen LogP) is 4.91. The van der Waals surface area contributed by atoms with E-state index in [1.54, 1.807) is 11.0 Å². The first-order valence-corrected chi connectivity index (χ1v) is 10.3. The van der Waals surface area contributed by atoms with Crippen molar-refractivity contribution in [2.75, 3.05) is 18.4 Å². The van der Waals surface area contributed by atoms with Gasteiger partial charge in [-0.25, -0.2) is 4.79 Å². The van der Waals surface area contributed by atoms with Crippen LogP contribution in [0, 0.1) is 19.3 Å². The van der Waals surface area contributed by atoms with Crippen LogP contribution in [0.5, 0.6) is 0 Å². The number of anilines is 1. The zero-order valence-electron chi connectivity index (χ0n) is 17.2. The molecule has 1 aliphatic rings. The molecule has 154 valence electrons. The van der Waals surface area contributed by atoms with Crippen LogP contribution in [0.1, 0.15) is 36.5 Å². The van der Waals surface area contributed by atoms with Crippen LogP contribution in [0.3, 0.4) is 0 Å². The molecule has 2 N–H and O–H groups in total. The van der Waals surface area contributed by atoms with E-state index in [1.807, 2.05) is 57.2 Å². The van der Waals surface area contributed by atoms with Gasteiger partial charge in [-0.3, -0.25) is 4.79 Å². The number of urea groups is 1. The number of carbonyl (C=O) groups is 2. The van der Waals surface area contributed by atoms with Crippen molar-refractivity contribution in [3.63, 3.8) is 0 Å². The average molecular weight is 414 g/mol. The van der Waals surface area contributed by atoms with Gasteiger partial charge in [0.05, 0.1) is 5.41 Å². The number of nitrogens with zero attached hydrogens (tertiary/aromatic N) is 1. The number of aryl methyl sites for hydroxylation is 2. The maximum Gasteiger partial charge on any atom is 0.321 e. The third-order valence-corrected chi connectivity index (χ3v) is 5.94. The monoisotopic (exact) mass is 413 g/mol. The number of hydrogen-bond donors (Lipinski definition) is 2. The van der Waals surface area contributed by atoms with Crippen molar-refractivity contribution < 1.29 is 9.59 Å². The molecule has 0 aliphatic carbocycles. The van der Waals surface area contributed by atoms with E-state index in [-0.39, 0.29) is 11.9 Å². The molecule has 1 atom stereocenters. The highest BCUT2D eigenvalue weighted by molar-refractivity contribution is 6.31. The summed E-state index contributed by atoms with van der Waals surface area (Å²) in [5.41, 5.74) is 3.26. The molecule has 0 saturated carbocycles. The van der Waals surface area contributed by atoms with Gasteiger partial charge < -0.3 is 15.5 Å². The summed E-state index contributed by atoms with van der Waals surface area (Å²) < 4.78 is 0. The third kappa shape index (κ3) is 5.30. The molecular weight excluding hydrogens is 386 g/mol. The Morgan fingerprint density at radius 2 is 1.86 bits per heavy atom. The van der Waals surface area contributed by atoms with Crippen LogP contribution in [-0.2, 0) is 11.3 Å². The Bertz CT molecular complexity index is 897. The molecule has 0 unspecified atom stereocenters. The van der Waals surface area contributed by atoms with Gasteiger partial charge in [0.1, 0.15) is 0 Å². The first-order valence-electron chi connectivity index (χ1n) is 9.93. The molecule has 29 heavy (non-hydrogen) atoms. The molecule has 3 amide bonds. The van der Waals surface area contributed by atoms with E-state index in [9.17, 15) is 9.59 Å². The smallest absolute Gasteiger partial charge is 0.321 e. The molecule has 3 rings (SSSR count). The molecule has 2 aromatic carbocycles. The Morgan fingerprint density at radius 3 is 2.55 bits per heavy atom. The van der Waals surface area contributed by atoms with Crippen LogP contribution in [0.4, 0.5) is 10.5 Å². The minimum atomic E-state index is -0.606. The number of piperidine rings is 1. The lowest BCUT2D eigenvalue weighted by atomic mass is 9.81. The van der Waals surface area contributed by atoms with Gasteiger partial charge in [0.2, 0.25) is 5.91 Å². The lowest BCUT2D eigenvalue weighted by molar-refractivity contribution is -0.132. The second-order valence-electron chi connectivity index (χ2n) is 8.15. The van der Waals surface area contributed by atoms with Crippen LogP contribution >= 0.6 is 11.6 Å². The number of nitrogens with one attached hydrogen (secondary N) is 2. The van der Waals surface area contributed by atoms with Crippen LogP contribution in [0.2, 0.25) is 5.02 Å². The molecule has 0 spiro atoms. The van der Waals surface area contributed by atoms with Gasteiger partial charge in [-0.2, -0.15) is 0 Å². The Labute approximate surface area is 177 Å². The highest BCUT2D eigenvalue weighted by Crippen LogP contribution is 2.30. The van der Waals surface area contributed by atoms with Gasteiger partial charge in [-0.15, -0.1) is 0 Å². The molecule has 1 heterocycles. The van der Waals surface area contributed by atoms with Crippen LogP contribution in [-0.4, -0.2) is 29.9 Å². The van der Waals surface area contributed by atoms with Gasteiger partial charge in [0, 0.05) is 30.3 Å². The van der Waals surface area contributed by atoms with E-state index < -0.39 is 5.41 Å². The largest absolute Gasteiger partial charge is 0.351 e. The summed E-state index contributed by atoms with van der Waals surface area (Å²) in [6.45, 7) is 7.39. The summed E-state index contributed by atoms with van der Waals surface area (Å²) in [7, 11) is 0. The van der Waals surface area contributed by atoms with E-state index in [0.717, 1.165) is 24.0 Å². The Kier molecular flexibility index (Phi) is 6.48. The molecule has 2 aromatic rings. The highest BCUT2D eigenvalue weighted by atomic mass is 35.5. The van der Waals surface area contributed by atoms with Crippen molar-refractivity contribution >= 4 is 29.2 Å². The molecule has 0 bridgehead atoms. The SMILES string of the molecule is Cc1ccc(CNC(=O)[C@]2(C)CCCN(C(=O)Nc3ccc(C)c(Cl)c3)C2)cc1. The number of amides is 3. The molecular formula is C23H28ClN3O2. The topological polar surface area (TPSA) is 61.4 Å². The van der Waals surface area contributed by atoms with Crippen molar-refractivity contribution in [2.45, 2.75) is 40.2 Å². The Hall–Kier alpha value is -2.53. The lowest BCUT2D eigenvalue weighted by Crippen LogP contribution is -2.52. The Morgan fingerprint density at radius 1 is 1.14 bits per heavy atom. The minimum absolute atomic E-state index is 0.0195. The highest BCUT2D eigenvalue weighted by Gasteiger charge is 2.39. The maximum absolute atomic E-state index is 12.9. The minimum Gasteiger partial charge on any atom is -0.351 e. The van der Waals surface area contributed by atoms with Crippen molar-refractivity contribution in [3.8, 4) is 0 Å². The molecule has 1 aliphatic heterocycles. The van der Waals surface area contributed by atoms with Gasteiger partial charge in [0.25, 0.3) is 0 Å². The normalized spacial score (nSPS) is 19.0. The standard InChI is InChI=1S/C23H28ClN3O2/c1-16-5-8-18(9-6-16)14-25-21(28)23(3)11-4-12-27(15-23)22(29)26-19-10-7-17(2)20(24)13-19/h5-10,13H,4,11-12,14-15H2,1-3H3,(H,25,28)(H,26,29)/t23-/m1/s1. The van der Waals surface area contributed by atoms with Crippen molar-refractivity contribution in [2.24, 2.45) is 5.41 Å². The molecule has 5 nitrogen and oxygen atoms in total. The second kappa shape index (κ2) is 8.87. The van der Waals surface area contributed by atoms with Crippen molar-refractivity contribution in [3.05, 3.63) is 64.2 Å². The average Bonchev–Trinajstić information content (AvgIpc) is 2.70. The zero-order valence-corrected chi connectivity index (χ0v) is 18.0. The Balaban J connectivity index is 1.60. The first kappa shape index (κ1) is 21.2. The fourth-order valence-electron chi connectivity index (χ4n) is 3.57. The summed E-state index contributed by atoms with van der Waals surface area (Å²) in [6, 6.07) is 13.3. The number of rotatable bonds is 4. The molecule has 1 saturated heterocycles. The van der Waals surface area contributed by atoms with E-state index in [4.69, 9.17) is 11.6 Å². The summed E-state index contributed by atoms with van der Waals surface area (Å²) in [4.78, 5) is 27.3. The van der Waals surface area contributed by atoms with Gasteiger partial charge in [0.15, 0.2) is 0 Å². The first-order chi connectivity index (χ1) is 13.8. The fourth-order valence-corrected chi connectivity index (χ4v) is 3.75. The van der Waals surface area contributed by atoms with Crippen LogP contribution in [0.15, 0.2) is 42.5 Å². The zero-order chi connectivity index (χ0) is 21.0. The van der Waals surface area contributed by atoms with Gasteiger partial charge >= 0.3 is 6.03 Å². The van der Waals surface area contributed by atoms with Crippen LogP contribution < -0.4 is 10.6 Å². The van der Waals surface area contributed by atoms with E-state index in [2.05, 4.69) is 10.6 Å². The molecule has 1 fully saturated rings. The van der Waals surface area contributed by atoms with E-state index >= 15 is 0 Å². The molecule has 6 heteroatoms. The third-order valence-electron chi connectivity index (χ3n) is 5.53. The number of halogens is 1. The summed E-state index contributed by atoms with van der Waals surface area (Å²) in [5.74, 6) is -0.0195. The number of hydrogen-bond acceptors (Lipinski definition) is 2. The maximum atomic E-state index is 12.9. The molecule has 0 radical (unpaired) electrons. The van der Waals surface area contributed by atoms with Crippen LogP contribution in [0.25, 0.3) is 0 Å². The summed E-state index contributed by atoms with van der Waals surface area (Å²) in [5, 5.41) is 6.54.